The summed E-state index contributed by atoms with van der Waals surface area (Å²) < 4.78 is 0. The fraction of sp³-hybridized carbons (Fsp3) is 0.320. The number of aliphatic imine (C=N–C) groups is 1. The predicted molar refractivity (Wildman–Crippen MR) is 113 cm³/mol. The molecule has 2 aromatic rings. The largest absolute Gasteiger partial charge is 0.285 e. The second-order valence-corrected chi connectivity index (χ2v) is 8.05. The Balaban J connectivity index is 1.94. The molecule has 1 heteroatoms. The van der Waals surface area contributed by atoms with E-state index < -0.39 is 0 Å². The quantitative estimate of drug-likeness (QED) is 0.554. The van der Waals surface area contributed by atoms with Gasteiger partial charge in [-0.05, 0) is 38.3 Å². The number of rotatable bonds is 5. The maximum Gasteiger partial charge on any atom is 0.0865 e. The van der Waals surface area contributed by atoms with Crippen LogP contribution in [0.4, 0.5) is 0 Å². The van der Waals surface area contributed by atoms with Crippen LogP contribution in [0.3, 0.4) is 0 Å². The van der Waals surface area contributed by atoms with Gasteiger partial charge in [0.1, 0.15) is 0 Å². The van der Waals surface area contributed by atoms with Gasteiger partial charge in [-0.3, -0.25) is 4.99 Å². The Morgan fingerprint density at radius 1 is 1.04 bits per heavy atom. The Kier molecular flexibility index (Phi) is 5.27. The molecule has 26 heavy (non-hydrogen) atoms. The average Bonchev–Trinajstić information content (AvgIpc) is 2.64. The zero-order valence-corrected chi connectivity index (χ0v) is 16.4. The Bertz CT molecular complexity index is 826. The average molecular weight is 344 g/mol. The highest BCUT2D eigenvalue weighted by atomic mass is 14.8. The standard InChI is InChI=1S/C25H29N/c1-20-10-12-23(13-11-20)25(4,18-22-8-6-5-7-9-22)26-19-24(3)16-14-21(2)15-17-24/h5-16,19H,17-18H2,1-4H3. The SMILES string of the molecule is CC1=CCC(C)(C=NC(C)(Cc2ccccc2)c2ccc(C)cc2)C=C1. The van der Waals surface area contributed by atoms with Crippen molar-refractivity contribution in [3.8, 4) is 0 Å². The molecule has 0 spiro atoms. The number of nitrogens with zero attached hydrogens (tertiary/aromatic N) is 1. The van der Waals surface area contributed by atoms with E-state index in [1.807, 2.05) is 0 Å². The van der Waals surface area contributed by atoms with E-state index in [2.05, 4.69) is 107 Å². The summed E-state index contributed by atoms with van der Waals surface area (Å²) in [5.41, 5.74) is 4.90. The van der Waals surface area contributed by atoms with Gasteiger partial charge in [-0.2, -0.15) is 0 Å². The second-order valence-electron chi connectivity index (χ2n) is 8.05. The van der Waals surface area contributed by atoms with E-state index >= 15 is 0 Å². The Morgan fingerprint density at radius 3 is 2.35 bits per heavy atom. The van der Waals surface area contributed by atoms with Gasteiger partial charge >= 0.3 is 0 Å². The smallest absolute Gasteiger partial charge is 0.0865 e. The Labute approximate surface area is 158 Å². The van der Waals surface area contributed by atoms with E-state index in [-0.39, 0.29) is 11.0 Å². The minimum atomic E-state index is -0.276. The topological polar surface area (TPSA) is 12.4 Å². The molecule has 2 atom stereocenters. The van der Waals surface area contributed by atoms with Gasteiger partial charge in [-0.25, -0.2) is 0 Å². The molecule has 134 valence electrons. The summed E-state index contributed by atoms with van der Waals surface area (Å²) in [7, 11) is 0. The van der Waals surface area contributed by atoms with Gasteiger partial charge in [-0.15, -0.1) is 0 Å². The normalized spacial score (nSPS) is 22.2. The minimum absolute atomic E-state index is 0.0118. The van der Waals surface area contributed by atoms with E-state index in [1.54, 1.807) is 0 Å². The van der Waals surface area contributed by atoms with Crippen LogP contribution in [0.25, 0.3) is 0 Å². The Morgan fingerprint density at radius 2 is 1.73 bits per heavy atom. The number of hydrogen-bond donors (Lipinski definition) is 0. The lowest BCUT2D eigenvalue weighted by Gasteiger charge is -2.30. The minimum Gasteiger partial charge on any atom is -0.285 e. The molecule has 0 heterocycles. The van der Waals surface area contributed by atoms with E-state index in [4.69, 9.17) is 4.99 Å². The van der Waals surface area contributed by atoms with Crippen molar-refractivity contribution in [2.75, 3.05) is 0 Å². The molecule has 0 fully saturated rings. The van der Waals surface area contributed by atoms with Crippen LogP contribution in [0, 0.1) is 12.3 Å². The van der Waals surface area contributed by atoms with Gasteiger partial charge in [0.25, 0.3) is 0 Å². The van der Waals surface area contributed by atoms with Crippen molar-refractivity contribution in [3.63, 3.8) is 0 Å². The van der Waals surface area contributed by atoms with Gasteiger partial charge in [0.2, 0.25) is 0 Å². The monoisotopic (exact) mass is 343 g/mol. The predicted octanol–water partition coefficient (Wildman–Crippen LogP) is 6.44. The van der Waals surface area contributed by atoms with Crippen molar-refractivity contribution in [2.45, 2.75) is 46.1 Å². The summed E-state index contributed by atoms with van der Waals surface area (Å²) in [6, 6.07) is 19.5. The summed E-state index contributed by atoms with van der Waals surface area (Å²) >= 11 is 0. The van der Waals surface area contributed by atoms with Gasteiger partial charge in [0.15, 0.2) is 0 Å². The van der Waals surface area contributed by atoms with Crippen LogP contribution in [-0.2, 0) is 12.0 Å². The van der Waals surface area contributed by atoms with Gasteiger partial charge < -0.3 is 0 Å². The van der Waals surface area contributed by atoms with Gasteiger partial charge in [0, 0.05) is 18.1 Å². The fourth-order valence-electron chi connectivity index (χ4n) is 3.35. The lowest BCUT2D eigenvalue weighted by atomic mass is 9.81. The van der Waals surface area contributed by atoms with Crippen molar-refractivity contribution >= 4 is 6.21 Å². The molecule has 0 aliphatic heterocycles. The molecule has 1 nitrogen and oxygen atoms in total. The molecular formula is C25H29N. The molecule has 2 aromatic carbocycles. The first-order valence-corrected chi connectivity index (χ1v) is 9.42. The van der Waals surface area contributed by atoms with Crippen LogP contribution < -0.4 is 0 Å². The molecular weight excluding hydrogens is 314 g/mol. The summed E-state index contributed by atoms with van der Waals surface area (Å²) in [6.45, 7) is 8.79. The lowest BCUT2D eigenvalue weighted by Crippen LogP contribution is -2.26. The van der Waals surface area contributed by atoms with Crippen LogP contribution in [0.1, 0.15) is 43.9 Å². The number of aryl methyl sites for hydroxylation is 1. The highest BCUT2D eigenvalue weighted by Crippen LogP contribution is 2.33. The maximum absolute atomic E-state index is 5.17. The van der Waals surface area contributed by atoms with Crippen molar-refractivity contribution in [3.05, 3.63) is 95.1 Å². The van der Waals surface area contributed by atoms with Crippen molar-refractivity contribution in [2.24, 2.45) is 10.4 Å². The first-order valence-electron chi connectivity index (χ1n) is 9.42. The summed E-state index contributed by atoms with van der Waals surface area (Å²) in [4.78, 5) is 5.17. The molecule has 0 bridgehead atoms. The van der Waals surface area contributed by atoms with Crippen LogP contribution in [0.5, 0.6) is 0 Å². The zero-order chi connectivity index (χ0) is 18.6. The van der Waals surface area contributed by atoms with Crippen LogP contribution >= 0.6 is 0 Å². The fourth-order valence-corrected chi connectivity index (χ4v) is 3.35. The van der Waals surface area contributed by atoms with Crippen molar-refractivity contribution < 1.29 is 0 Å². The molecule has 0 saturated heterocycles. The molecule has 1 aliphatic rings. The van der Waals surface area contributed by atoms with Crippen LogP contribution in [0.15, 0.2) is 83.4 Å². The number of allylic oxidation sites excluding steroid dienone is 4. The van der Waals surface area contributed by atoms with Gasteiger partial charge in [-0.1, -0.05) is 90.9 Å². The third kappa shape index (κ3) is 4.40. The molecule has 0 radical (unpaired) electrons. The van der Waals surface area contributed by atoms with E-state index in [0.717, 1.165) is 12.8 Å². The first-order chi connectivity index (χ1) is 12.4. The second kappa shape index (κ2) is 7.45. The van der Waals surface area contributed by atoms with E-state index in [0.29, 0.717) is 0 Å². The third-order valence-electron chi connectivity index (χ3n) is 5.30. The van der Waals surface area contributed by atoms with Crippen LogP contribution in [0.2, 0.25) is 0 Å². The van der Waals surface area contributed by atoms with E-state index in [1.165, 1.54) is 22.3 Å². The molecule has 1 aliphatic carbocycles. The summed E-state index contributed by atoms with van der Waals surface area (Å²) in [5, 5.41) is 0. The molecule has 0 amide bonds. The highest BCUT2D eigenvalue weighted by molar-refractivity contribution is 5.70. The molecule has 0 aromatic heterocycles. The molecule has 0 saturated carbocycles. The molecule has 3 rings (SSSR count). The number of benzene rings is 2. The molecule has 0 N–H and O–H groups in total. The lowest BCUT2D eigenvalue weighted by molar-refractivity contribution is 0.486. The number of hydrogen-bond acceptors (Lipinski definition) is 1. The zero-order valence-electron chi connectivity index (χ0n) is 16.4. The highest BCUT2D eigenvalue weighted by Gasteiger charge is 2.28. The Hall–Kier alpha value is -2.41. The maximum atomic E-state index is 5.17. The van der Waals surface area contributed by atoms with Crippen molar-refractivity contribution in [1.29, 1.82) is 0 Å². The van der Waals surface area contributed by atoms with Crippen molar-refractivity contribution in [1.82, 2.24) is 0 Å². The van der Waals surface area contributed by atoms with Gasteiger partial charge in [0.05, 0.1) is 5.54 Å². The van der Waals surface area contributed by atoms with Crippen LogP contribution in [-0.4, -0.2) is 6.21 Å². The third-order valence-corrected chi connectivity index (χ3v) is 5.30. The summed E-state index contributed by atoms with van der Waals surface area (Å²) in [6.07, 6.45) is 10.8. The molecule has 2 unspecified atom stereocenters. The first kappa shape index (κ1) is 18.4. The van der Waals surface area contributed by atoms with E-state index in [9.17, 15) is 0 Å². The summed E-state index contributed by atoms with van der Waals surface area (Å²) in [5.74, 6) is 0.